The largest absolute Gasteiger partial charge is 0.487 e. The lowest BCUT2D eigenvalue weighted by Crippen LogP contribution is -2.29. The minimum absolute atomic E-state index is 0.0796. The molecule has 5 heteroatoms. The normalized spacial score (nSPS) is 10.6. The van der Waals surface area contributed by atoms with Crippen molar-refractivity contribution in [2.75, 3.05) is 13.1 Å². The molecule has 0 saturated carbocycles. The smallest absolute Gasteiger partial charge is 0.247 e. The van der Waals surface area contributed by atoms with E-state index in [1.807, 2.05) is 36.6 Å². The van der Waals surface area contributed by atoms with Gasteiger partial charge in [-0.05, 0) is 30.7 Å². The Morgan fingerprint density at radius 2 is 2.08 bits per heavy atom. The summed E-state index contributed by atoms with van der Waals surface area (Å²) >= 11 is 1.61. The highest BCUT2D eigenvalue weighted by molar-refractivity contribution is 7.09. The van der Waals surface area contributed by atoms with Gasteiger partial charge in [-0.15, -0.1) is 24.5 Å². The minimum Gasteiger partial charge on any atom is -0.487 e. The van der Waals surface area contributed by atoms with E-state index in [9.17, 15) is 4.79 Å². The van der Waals surface area contributed by atoms with Gasteiger partial charge in [0.05, 0.1) is 10.7 Å². The number of aryl methyl sites for hydroxylation is 1. The Morgan fingerprint density at radius 3 is 2.72 bits per heavy atom. The standard InChI is InChI=1S/C20H22N2O2S/c1-4-11-22(12-5-2)20(23)10-9-17-7-6-8-19(13-17)24-14-18-15-25-16(3)21-18/h4-10,13,15H,1-2,11-12,14H2,3H3/b10-9+. The number of amides is 1. The number of thiazole rings is 1. The summed E-state index contributed by atoms with van der Waals surface area (Å²) in [6, 6.07) is 7.61. The summed E-state index contributed by atoms with van der Waals surface area (Å²) in [4.78, 5) is 18.2. The topological polar surface area (TPSA) is 42.4 Å². The molecule has 130 valence electrons. The van der Waals surface area contributed by atoms with Gasteiger partial charge >= 0.3 is 0 Å². The number of rotatable bonds is 9. The Labute approximate surface area is 152 Å². The van der Waals surface area contributed by atoms with Crippen molar-refractivity contribution in [2.45, 2.75) is 13.5 Å². The average molecular weight is 354 g/mol. The Hall–Kier alpha value is -2.66. The molecule has 0 fully saturated rings. The number of carbonyl (C=O) groups excluding carboxylic acids is 1. The summed E-state index contributed by atoms with van der Waals surface area (Å²) in [6.07, 6.45) is 6.73. The molecule has 0 N–H and O–H groups in total. The van der Waals surface area contributed by atoms with Gasteiger partial charge in [-0.25, -0.2) is 4.98 Å². The maximum Gasteiger partial charge on any atom is 0.247 e. The second-order valence-electron chi connectivity index (χ2n) is 5.37. The lowest BCUT2D eigenvalue weighted by Gasteiger charge is -2.16. The summed E-state index contributed by atoms with van der Waals surface area (Å²) in [7, 11) is 0. The molecule has 0 bridgehead atoms. The van der Waals surface area contributed by atoms with Crippen LogP contribution in [0.4, 0.5) is 0 Å². The first-order valence-electron chi connectivity index (χ1n) is 7.95. The molecule has 1 aromatic heterocycles. The van der Waals surface area contributed by atoms with Gasteiger partial charge in [-0.1, -0.05) is 24.3 Å². The lowest BCUT2D eigenvalue weighted by atomic mass is 10.2. The molecule has 0 saturated heterocycles. The van der Waals surface area contributed by atoms with E-state index in [1.54, 1.807) is 40.5 Å². The molecular weight excluding hydrogens is 332 g/mol. The monoisotopic (exact) mass is 354 g/mol. The van der Waals surface area contributed by atoms with Gasteiger partial charge < -0.3 is 9.64 Å². The Kier molecular flexibility index (Phi) is 7.16. The van der Waals surface area contributed by atoms with Crippen molar-refractivity contribution in [3.8, 4) is 5.75 Å². The van der Waals surface area contributed by atoms with Crippen LogP contribution in [-0.4, -0.2) is 28.9 Å². The number of ether oxygens (including phenoxy) is 1. The predicted molar refractivity (Wildman–Crippen MR) is 104 cm³/mol. The molecule has 2 rings (SSSR count). The summed E-state index contributed by atoms with van der Waals surface area (Å²) in [5, 5.41) is 3.02. The SMILES string of the molecule is C=CCN(CC=C)C(=O)/C=C/c1cccc(OCc2csc(C)n2)c1. The molecular formula is C20H22N2O2S. The molecule has 2 aromatic rings. The summed E-state index contributed by atoms with van der Waals surface area (Å²) in [5.74, 6) is 0.665. The van der Waals surface area contributed by atoms with Crippen molar-refractivity contribution in [3.63, 3.8) is 0 Å². The zero-order valence-corrected chi connectivity index (χ0v) is 15.2. The molecule has 1 amide bonds. The number of hydrogen-bond acceptors (Lipinski definition) is 4. The van der Waals surface area contributed by atoms with Crippen LogP contribution in [0.3, 0.4) is 0 Å². The second-order valence-corrected chi connectivity index (χ2v) is 6.44. The van der Waals surface area contributed by atoms with Crippen molar-refractivity contribution in [3.05, 3.63) is 77.3 Å². The van der Waals surface area contributed by atoms with Crippen molar-refractivity contribution in [1.82, 2.24) is 9.88 Å². The molecule has 0 spiro atoms. The van der Waals surface area contributed by atoms with Crippen LogP contribution in [0, 0.1) is 6.92 Å². The highest BCUT2D eigenvalue weighted by Crippen LogP contribution is 2.17. The number of benzene rings is 1. The van der Waals surface area contributed by atoms with E-state index in [4.69, 9.17) is 4.74 Å². The van der Waals surface area contributed by atoms with Gasteiger partial charge in [-0.2, -0.15) is 0 Å². The van der Waals surface area contributed by atoms with E-state index in [2.05, 4.69) is 18.1 Å². The minimum atomic E-state index is -0.0796. The quantitative estimate of drug-likeness (QED) is 0.499. The van der Waals surface area contributed by atoms with Gasteiger partial charge in [0.15, 0.2) is 0 Å². The third-order valence-corrected chi connectivity index (χ3v) is 4.16. The summed E-state index contributed by atoms with van der Waals surface area (Å²) in [5.41, 5.74) is 1.82. The van der Waals surface area contributed by atoms with Crippen molar-refractivity contribution in [2.24, 2.45) is 0 Å². The molecule has 0 aliphatic rings. The van der Waals surface area contributed by atoms with Crippen LogP contribution in [0.5, 0.6) is 5.75 Å². The van der Waals surface area contributed by atoms with E-state index in [-0.39, 0.29) is 5.91 Å². The Bertz CT molecular complexity index is 755. The highest BCUT2D eigenvalue weighted by Gasteiger charge is 2.06. The molecule has 0 unspecified atom stereocenters. The van der Waals surface area contributed by atoms with Crippen molar-refractivity contribution >= 4 is 23.3 Å². The van der Waals surface area contributed by atoms with E-state index in [0.717, 1.165) is 22.0 Å². The third kappa shape index (κ3) is 6.04. The Balaban J connectivity index is 1.98. The van der Waals surface area contributed by atoms with Crippen LogP contribution in [0.2, 0.25) is 0 Å². The van der Waals surface area contributed by atoms with Gasteiger partial charge in [-0.3, -0.25) is 4.79 Å². The Morgan fingerprint density at radius 1 is 1.32 bits per heavy atom. The molecule has 1 aromatic carbocycles. The number of nitrogens with zero attached hydrogens (tertiary/aromatic N) is 2. The van der Waals surface area contributed by atoms with Gasteiger partial charge in [0.25, 0.3) is 0 Å². The van der Waals surface area contributed by atoms with Crippen molar-refractivity contribution < 1.29 is 9.53 Å². The second kappa shape index (κ2) is 9.59. The fourth-order valence-electron chi connectivity index (χ4n) is 2.18. The number of aromatic nitrogens is 1. The fourth-order valence-corrected chi connectivity index (χ4v) is 2.78. The van der Waals surface area contributed by atoms with Crippen LogP contribution >= 0.6 is 11.3 Å². The van der Waals surface area contributed by atoms with Crippen LogP contribution < -0.4 is 4.74 Å². The molecule has 4 nitrogen and oxygen atoms in total. The zero-order valence-electron chi connectivity index (χ0n) is 14.4. The molecule has 0 atom stereocenters. The predicted octanol–water partition coefficient (Wildman–Crippen LogP) is 4.24. The molecule has 0 aliphatic carbocycles. The lowest BCUT2D eigenvalue weighted by molar-refractivity contribution is -0.124. The van der Waals surface area contributed by atoms with Crippen LogP contribution in [0.1, 0.15) is 16.3 Å². The maximum atomic E-state index is 12.2. The van der Waals surface area contributed by atoms with E-state index >= 15 is 0 Å². The van der Waals surface area contributed by atoms with Crippen LogP contribution in [0.15, 0.2) is 61.0 Å². The average Bonchev–Trinajstić information content (AvgIpc) is 3.03. The number of carbonyl (C=O) groups is 1. The van der Waals surface area contributed by atoms with Gasteiger partial charge in [0.2, 0.25) is 5.91 Å². The van der Waals surface area contributed by atoms with E-state index in [0.29, 0.717) is 19.7 Å². The molecule has 0 radical (unpaired) electrons. The molecule has 25 heavy (non-hydrogen) atoms. The van der Waals surface area contributed by atoms with Crippen molar-refractivity contribution in [1.29, 1.82) is 0 Å². The van der Waals surface area contributed by atoms with Crippen LogP contribution in [0.25, 0.3) is 6.08 Å². The summed E-state index contributed by atoms with van der Waals surface area (Å²) < 4.78 is 5.77. The summed E-state index contributed by atoms with van der Waals surface area (Å²) in [6.45, 7) is 10.7. The molecule has 0 aliphatic heterocycles. The number of hydrogen-bond donors (Lipinski definition) is 0. The maximum absolute atomic E-state index is 12.2. The van der Waals surface area contributed by atoms with Gasteiger partial charge in [0.1, 0.15) is 12.4 Å². The first kappa shape index (κ1) is 18.7. The van der Waals surface area contributed by atoms with E-state index in [1.165, 1.54) is 0 Å². The fraction of sp³-hybridized carbons (Fsp3) is 0.200. The first-order valence-corrected chi connectivity index (χ1v) is 8.83. The highest BCUT2D eigenvalue weighted by atomic mass is 32.1. The van der Waals surface area contributed by atoms with Gasteiger partial charge in [0, 0.05) is 24.5 Å². The first-order chi connectivity index (χ1) is 12.1. The zero-order chi connectivity index (χ0) is 18.1. The van der Waals surface area contributed by atoms with E-state index < -0.39 is 0 Å². The molecule has 1 heterocycles. The third-order valence-electron chi connectivity index (χ3n) is 3.34. The van der Waals surface area contributed by atoms with Crippen LogP contribution in [-0.2, 0) is 11.4 Å².